The van der Waals surface area contributed by atoms with Gasteiger partial charge in [-0.3, -0.25) is 0 Å². The highest BCUT2D eigenvalue weighted by Gasteiger charge is 2.21. The summed E-state index contributed by atoms with van der Waals surface area (Å²) in [6, 6.07) is 7.57. The van der Waals surface area contributed by atoms with E-state index in [1.165, 1.54) is 20.1 Å². The Bertz CT molecular complexity index is 746. The molecule has 0 aliphatic rings. The molecule has 2 aromatic rings. The van der Waals surface area contributed by atoms with Crippen LogP contribution >= 0.6 is 0 Å². The predicted octanol–water partition coefficient (Wildman–Crippen LogP) is 3.35. The van der Waals surface area contributed by atoms with E-state index in [-0.39, 0.29) is 5.57 Å². The minimum atomic E-state index is -1.00. The highest BCUT2D eigenvalue weighted by atomic mass is 16.5. The predicted molar refractivity (Wildman–Crippen MR) is 84.9 cm³/mol. The number of rotatable bonds is 5. The van der Waals surface area contributed by atoms with E-state index in [0.717, 1.165) is 10.8 Å². The number of carboxylic acid groups (broad SMARTS) is 1. The van der Waals surface area contributed by atoms with Crippen molar-refractivity contribution >= 4 is 22.8 Å². The summed E-state index contributed by atoms with van der Waals surface area (Å²) in [5, 5.41) is 10.8. The number of aliphatic carboxylic acids is 1. The second-order valence-electron chi connectivity index (χ2n) is 4.69. The van der Waals surface area contributed by atoms with Gasteiger partial charge in [-0.05, 0) is 13.0 Å². The lowest BCUT2D eigenvalue weighted by Gasteiger charge is -2.18. The fourth-order valence-electron chi connectivity index (χ4n) is 2.41. The Morgan fingerprint density at radius 1 is 0.955 bits per heavy atom. The summed E-state index contributed by atoms with van der Waals surface area (Å²) in [6.45, 7) is 1.52. The molecule has 1 N–H and O–H groups in total. The normalized spacial score (nSPS) is 11.4. The summed E-state index contributed by atoms with van der Waals surface area (Å²) in [4.78, 5) is 11.1. The number of ether oxygens (including phenoxy) is 3. The van der Waals surface area contributed by atoms with Crippen LogP contribution in [0.25, 0.3) is 16.8 Å². The summed E-state index contributed by atoms with van der Waals surface area (Å²) in [5.41, 5.74) is 0.717. The molecule has 0 amide bonds. The van der Waals surface area contributed by atoms with Crippen molar-refractivity contribution in [1.82, 2.24) is 0 Å². The van der Waals surface area contributed by atoms with E-state index < -0.39 is 5.97 Å². The Morgan fingerprint density at radius 2 is 1.45 bits per heavy atom. The number of methoxy groups -OCH3 is 3. The van der Waals surface area contributed by atoms with Crippen LogP contribution in [-0.4, -0.2) is 32.4 Å². The number of carbonyl (C=O) groups is 1. The van der Waals surface area contributed by atoms with Crippen LogP contribution in [0.3, 0.4) is 0 Å². The van der Waals surface area contributed by atoms with Crippen LogP contribution in [0, 0.1) is 0 Å². The zero-order chi connectivity index (χ0) is 16.3. The Balaban J connectivity index is 2.94. The quantitative estimate of drug-likeness (QED) is 0.858. The number of carboxylic acids is 1. The molecular formula is C17H18O5. The molecule has 0 fully saturated rings. The molecule has 5 heteroatoms. The van der Waals surface area contributed by atoms with Gasteiger partial charge in [0.05, 0.1) is 26.9 Å². The fourth-order valence-corrected chi connectivity index (χ4v) is 2.41. The Kier molecular flexibility index (Phi) is 4.56. The van der Waals surface area contributed by atoms with E-state index in [2.05, 4.69) is 0 Å². The molecule has 0 spiro atoms. The van der Waals surface area contributed by atoms with Gasteiger partial charge >= 0.3 is 5.97 Å². The van der Waals surface area contributed by atoms with E-state index in [1.807, 2.05) is 24.3 Å². The van der Waals surface area contributed by atoms with Crippen molar-refractivity contribution in [2.75, 3.05) is 21.3 Å². The first-order valence-electron chi connectivity index (χ1n) is 6.67. The zero-order valence-electron chi connectivity index (χ0n) is 13.0. The monoisotopic (exact) mass is 302 g/mol. The third-order valence-electron chi connectivity index (χ3n) is 3.42. The van der Waals surface area contributed by atoms with Crippen LogP contribution in [-0.2, 0) is 4.79 Å². The number of hydrogen-bond acceptors (Lipinski definition) is 4. The minimum Gasteiger partial charge on any atom is -0.495 e. The molecule has 2 aromatic carbocycles. The molecule has 0 saturated carbocycles. The van der Waals surface area contributed by atoms with Crippen LogP contribution in [0.2, 0.25) is 0 Å². The van der Waals surface area contributed by atoms with Crippen molar-refractivity contribution < 1.29 is 24.1 Å². The SMILES string of the molecule is COc1c(C=C(C)C(=O)O)c(OC)c2ccccc2c1OC. The minimum absolute atomic E-state index is 0.175. The standard InChI is InChI=1S/C17H18O5/c1-10(17(18)19)9-13-14(20-2)11-7-5-6-8-12(11)15(21-3)16(13)22-4/h5-9H,1-4H3,(H,18,19). The lowest BCUT2D eigenvalue weighted by Crippen LogP contribution is -2.01. The van der Waals surface area contributed by atoms with Gasteiger partial charge in [-0.2, -0.15) is 0 Å². The summed E-state index contributed by atoms with van der Waals surface area (Å²) < 4.78 is 16.4. The third-order valence-corrected chi connectivity index (χ3v) is 3.42. The van der Waals surface area contributed by atoms with Crippen LogP contribution < -0.4 is 14.2 Å². The molecule has 0 bridgehead atoms. The Morgan fingerprint density at radius 3 is 1.91 bits per heavy atom. The molecule has 0 radical (unpaired) electrons. The van der Waals surface area contributed by atoms with Crippen molar-refractivity contribution in [2.45, 2.75) is 6.92 Å². The molecule has 116 valence electrons. The summed E-state index contributed by atoms with van der Waals surface area (Å²) in [6.07, 6.45) is 1.52. The van der Waals surface area contributed by atoms with Crippen LogP contribution in [0.4, 0.5) is 0 Å². The molecule has 0 aliphatic heterocycles. The molecule has 22 heavy (non-hydrogen) atoms. The second kappa shape index (κ2) is 6.39. The smallest absolute Gasteiger partial charge is 0.331 e. The molecule has 0 saturated heterocycles. The van der Waals surface area contributed by atoms with Crippen LogP contribution in [0.15, 0.2) is 29.8 Å². The van der Waals surface area contributed by atoms with Crippen LogP contribution in [0.1, 0.15) is 12.5 Å². The molecule has 0 unspecified atom stereocenters. The van der Waals surface area contributed by atoms with E-state index in [0.29, 0.717) is 22.8 Å². The Labute approximate surface area is 128 Å². The summed E-state index contributed by atoms with van der Waals surface area (Å²) >= 11 is 0. The van der Waals surface area contributed by atoms with E-state index in [1.54, 1.807) is 14.2 Å². The lowest BCUT2D eigenvalue weighted by molar-refractivity contribution is -0.132. The van der Waals surface area contributed by atoms with Gasteiger partial charge in [0.2, 0.25) is 0 Å². The van der Waals surface area contributed by atoms with Gasteiger partial charge in [0.1, 0.15) is 5.75 Å². The first kappa shape index (κ1) is 15.7. The van der Waals surface area contributed by atoms with E-state index in [9.17, 15) is 4.79 Å². The average Bonchev–Trinajstić information content (AvgIpc) is 2.53. The van der Waals surface area contributed by atoms with Crippen molar-refractivity contribution in [3.63, 3.8) is 0 Å². The number of fused-ring (bicyclic) bond motifs is 1. The maximum atomic E-state index is 11.1. The average molecular weight is 302 g/mol. The fraction of sp³-hybridized carbons (Fsp3) is 0.235. The highest BCUT2D eigenvalue weighted by Crippen LogP contribution is 2.46. The van der Waals surface area contributed by atoms with Gasteiger partial charge in [-0.1, -0.05) is 24.3 Å². The van der Waals surface area contributed by atoms with E-state index >= 15 is 0 Å². The zero-order valence-corrected chi connectivity index (χ0v) is 13.0. The molecule has 0 atom stereocenters. The molecule has 0 aromatic heterocycles. The summed E-state index contributed by atoms with van der Waals surface area (Å²) in [7, 11) is 4.61. The molecular weight excluding hydrogens is 284 g/mol. The molecule has 0 aliphatic carbocycles. The van der Waals surface area contributed by atoms with Gasteiger partial charge in [-0.25, -0.2) is 4.79 Å². The van der Waals surface area contributed by atoms with E-state index in [4.69, 9.17) is 19.3 Å². The highest BCUT2D eigenvalue weighted by molar-refractivity contribution is 6.01. The topological polar surface area (TPSA) is 65.0 Å². The summed E-state index contributed by atoms with van der Waals surface area (Å²) in [5.74, 6) is 0.534. The van der Waals surface area contributed by atoms with Crippen molar-refractivity contribution in [2.24, 2.45) is 0 Å². The van der Waals surface area contributed by atoms with Gasteiger partial charge < -0.3 is 19.3 Å². The number of hydrogen-bond donors (Lipinski definition) is 1. The lowest BCUT2D eigenvalue weighted by atomic mass is 10.0. The van der Waals surface area contributed by atoms with Gasteiger partial charge in [-0.15, -0.1) is 0 Å². The number of benzene rings is 2. The van der Waals surface area contributed by atoms with Crippen LogP contribution in [0.5, 0.6) is 17.2 Å². The second-order valence-corrected chi connectivity index (χ2v) is 4.69. The maximum absolute atomic E-state index is 11.1. The van der Waals surface area contributed by atoms with Gasteiger partial charge in [0.25, 0.3) is 0 Å². The molecule has 2 rings (SSSR count). The first-order chi connectivity index (χ1) is 10.5. The van der Waals surface area contributed by atoms with Crippen molar-refractivity contribution in [3.05, 3.63) is 35.4 Å². The maximum Gasteiger partial charge on any atom is 0.331 e. The first-order valence-corrected chi connectivity index (χ1v) is 6.67. The van der Waals surface area contributed by atoms with Gasteiger partial charge in [0.15, 0.2) is 11.5 Å². The van der Waals surface area contributed by atoms with Crippen molar-refractivity contribution in [1.29, 1.82) is 0 Å². The third kappa shape index (κ3) is 2.57. The van der Waals surface area contributed by atoms with Crippen molar-refractivity contribution in [3.8, 4) is 17.2 Å². The molecule has 5 nitrogen and oxygen atoms in total. The van der Waals surface area contributed by atoms with Gasteiger partial charge in [0, 0.05) is 16.3 Å². The Hall–Kier alpha value is -2.69. The molecule has 0 heterocycles. The largest absolute Gasteiger partial charge is 0.495 e.